The number of carbonyl (C=O) groups excluding carboxylic acids is 1. The number of hydrogen-bond donors (Lipinski definition) is 1. The summed E-state index contributed by atoms with van der Waals surface area (Å²) in [6.45, 7) is 1.37. The fraction of sp³-hybridized carbons (Fsp3) is 0.292. The SMILES string of the molecule is Cc1ncn2c1c(N)nc1cc(F)c(C(=O)N3C[C@@H](F)C[C@@H]4Oc5cc(C(F)(F)F)ccc5[C@@H]43)cc12. The number of fused-ring (bicyclic) bond motifs is 6. The van der Waals surface area contributed by atoms with Crippen LogP contribution in [-0.2, 0) is 6.18 Å². The lowest BCUT2D eigenvalue weighted by Gasteiger charge is -2.38. The quantitative estimate of drug-likeness (QED) is 0.384. The van der Waals surface area contributed by atoms with Crippen LogP contribution < -0.4 is 10.5 Å². The first-order chi connectivity index (χ1) is 17.0. The zero-order valence-electron chi connectivity index (χ0n) is 18.7. The van der Waals surface area contributed by atoms with E-state index in [-0.39, 0.29) is 35.6 Å². The molecule has 2 aliphatic rings. The highest BCUT2D eigenvalue weighted by Gasteiger charge is 2.47. The summed E-state index contributed by atoms with van der Waals surface area (Å²) in [4.78, 5) is 23.2. The van der Waals surface area contributed by atoms with Gasteiger partial charge in [-0.25, -0.2) is 18.7 Å². The normalized spacial score (nSPS) is 21.5. The van der Waals surface area contributed by atoms with E-state index in [1.54, 1.807) is 11.3 Å². The van der Waals surface area contributed by atoms with Crippen molar-refractivity contribution in [3.8, 4) is 5.75 Å². The van der Waals surface area contributed by atoms with Crippen LogP contribution in [-0.4, -0.2) is 44.0 Å². The second-order valence-corrected chi connectivity index (χ2v) is 9.01. The maximum absolute atomic E-state index is 15.2. The number of amides is 1. The molecule has 36 heavy (non-hydrogen) atoms. The number of alkyl halides is 4. The lowest BCUT2D eigenvalue weighted by molar-refractivity contribution is -0.137. The smallest absolute Gasteiger partial charge is 0.416 e. The lowest BCUT2D eigenvalue weighted by Crippen LogP contribution is -2.49. The van der Waals surface area contributed by atoms with Crippen molar-refractivity contribution in [1.29, 1.82) is 0 Å². The number of nitrogens with two attached hydrogens (primary N) is 1. The number of nitrogen functional groups attached to an aromatic ring is 1. The number of rotatable bonds is 1. The first-order valence-corrected chi connectivity index (χ1v) is 11.1. The predicted octanol–water partition coefficient (Wildman–Crippen LogP) is 4.62. The number of aromatic nitrogens is 3. The molecule has 0 bridgehead atoms. The maximum Gasteiger partial charge on any atom is 0.416 e. The molecule has 12 heteroatoms. The van der Waals surface area contributed by atoms with Gasteiger partial charge in [-0.15, -0.1) is 0 Å². The molecule has 1 fully saturated rings. The third kappa shape index (κ3) is 3.27. The van der Waals surface area contributed by atoms with Crippen molar-refractivity contribution in [2.24, 2.45) is 0 Å². The van der Waals surface area contributed by atoms with Gasteiger partial charge in [-0.3, -0.25) is 9.20 Å². The van der Waals surface area contributed by atoms with E-state index >= 15 is 4.39 Å². The van der Waals surface area contributed by atoms with Crippen LogP contribution in [0.25, 0.3) is 16.6 Å². The van der Waals surface area contributed by atoms with Crippen molar-refractivity contribution >= 4 is 28.3 Å². The van der Waals surface area contributed by atoms with Gasteiger partial charge in [-0.1, -0.05) is 6.07 Å². The van der Waals surface area contributed by atoms with Gasteiger partial charge in [0.15, 0.2) is 0 Å². The molecule has 1 saturated heterocycles. The van der Waals surface area contributed by atoms with Crippen LogP contribution in [0, 0.1) is 12.7 Å². The van der Waals surface area contributed by atoms with Crippen LogP contribution in [0.4, 0.5) is 27.8 Å². The summed E-state index contributed by atoms with van der Waals surface area (Å²) in [6, 6.07) is 4.46. The second kappa shape index (κ2) is 7.52. The van der Waals surface area contributed by atoms with Crippen molar-refractivity contribution in [1.82, 2.24) is 19.3 Å². The molecule has 3 atom stereocenters. The van der Waals surface area contributed by atoms with E-state index in [4.69, 9.17) is 10.5 Å². The first-order valence-electron chi connectivity index (χ1n) is 11.1. The summed E-state index contributed by atoms with van der Waals surface area (Å²) in [5.41, 5.74) is 6.72. The number of hydrogen-bond acceptors (Lipinski definition) is 5. The van der Waals surface area contributed by atoms with Crippen LogP contribution >= 0.6 is 0 Å². The van der Waals surface area contributed by atoms with Crippen LogP contribution in [0.5, 0.6) is 5.75 Å². The molecule has 2 aliphatic heterocycles. The molecule has 4 aromatic rings. The molecule has 186 valence electrons. The fourth-order valence-electron chi connectivity index (χ4n) is 5.16. The Hall–Kier alpha value is -3.96. The van der Waals surface area contributed by atoms with Crippen LogP contribution in [0.1, 0.15) is 39.6 Å². The van der Waals surface area contributed by atoms with Crippen LogP contribution in [0.2, 0.25) is 0 Å². The van der Waals surface area contributed by atoms with Gasteiger partial charge in [0.05, 0.1) is 40.4 Å². The molecule has 0 spiro atoms. The minimum Gasteiger partial charge on any atom is -0.487 e. The molecule has 2 aromatic heterocycles. The highest BCUT2D eigenvalue weighted by molar-refractivity contribution is 5.99. The largest absolute Gasteiger partial charge is 0.487 e. The predicted molar refractivity (Wildman–Crippen MR) is 119 cm³/mol. The van der Waals surface area contributed by atoms with Crippen molar-refractivity contribution < 1.29 is 31.5 Å². The van der Waals surface area contributed by atoms with E-state index < -0.39 is 41.8 Å². The number of halogens is 5. The third-order valence-electron chi connectivity index (χ3n) is 6.76. The first kappa shape index (κ1) is 22.5. The Morgan fingerprint density at radius 1 is 1.22 bits per heavy atom. The number of piperidine rings is 1. The van der Waals surface area contributed by atoms with E-state index in [9.17, 15) is 22.4 Å². The second-order valence-electron chi connectivity index (χ2n) is 9.01. The molecule has 1 amide bonds. The van der Waals surface area contributed by atoms with E-state index in [0.717, 1.165) is 23.1 Å². The summed E-state index contributed by atoms with van der Waals surface area (Å²) in [5, 5.41) is 0. The Morgan fingerprint density at radius 3 is 2.75 bits per heavy atom. The molecule has 4 heterocycles. The number of ether oxygens (including phenoxy) is 1. The van der Waals surface area contributed by atoms with Crippen LogP contribution in [0.3, 0.4) is 0 Å². The van der Waals surface area contributed by atoms with Gasteiger partial charge in [0, 0.05) is 18.1 Å². The minimum atomic E-state index is -4.59. The van der Waals surface area contributed by atoms with Gasteiger partial charge >= 0.3 is 6.18 Å². The van der Waals surface area contributed by atoms with Crippen molar-refractivity contribution in [2.75, 3.05) is 12.3 Å². The van der Waals surface area contributed by atoms with Crippen molar-refractivity contribution in [3.63, 3.8) is 0 Å². The monoisotopic (exact) mass is 503 g/mol. The minimum absolute atomic E-state index is 0.0685. The van der Waals surface area contributed by atoms with Gasteiger partial charge in [-0.05, 0) is 25.1 Å². The topological polar surface area (TPSA) is 85.8 Å². The number of benzene rings is 2. The molecule has 0 radical (unpaired) electrons. The Balaban J connectivity index is 1.45. The molecule has 2 N–H and O–H groups in total. The summed E-state index contributed by atoms with van der Waals surface area (Å²) in [6.07, 6.45) is -5.62. The van der Waals surface area contributed by atoms with Crippen molar-refractivity contribution in [3.05, 3.63) is 64.9 Å². The summed E-state index contributed by atoms with van der Waals surface area (Å²) >= 11 is 0. The molecule has 2 aromatic carbocycles. The number of imidazole rings is 1. The summed E-state index contributed by atoms with van der Waals surface area (Å²) in [5.74, 6) is -1.63. The van der Waals surface area contributed by atoms with E-state index in [1.165, 1.54) is 18.5 Å². The maximum atomic E-state index is 15.2. The highest BCUT2D eigenvalue weighted by Crippen LogP contribution is 2.47. The Labute approximate surface area is 200 Å². The molecule has 0 aliphatic carbocycles. The number of anilines is 1. The standard InChI is InChI=1S/C24H18F5N5O2/c1-10-20-22(30)32-16-7-15(26)14(6-17(16)34(20)9-31-10)23(35)33-8-12(25)5-19-21(33)13-3-2-11(24(27,28)29)4-18(13)36-19/h2-4,6-7,9,12,19,21H,5,8H2,1H3,(H2,30,32)/t12-,19-,21-/m0/s1. The average Bonchev–Trinajstić information content (AvgIpc) is 3.37. The number of aryl methyl sites for hydroxylation is 1. The Morgan fingerprint density at radius 2 is 2.00 bits per heavy atom. The van der Waals surface area contributed by atoms with Crippen molar-refractivity contribution in [2.45, 2.75) is 37.8 Å². The number of likely N-dealkylation sites (tertiary alicyclic amines) is 1. The lowest BCUT2D eigenvalue weighted by atomic mass is 9.92. The molecule has 7 nitrogen and oxygen atoms in total. The third-order valence-corrected chi connectivity index (χ3v) is 6.76. The van der Waals surface area contributed by atoms with Gasteiger partial charge in [0.1, 0.15) is 41.5 Å². The number of carbonyl (C=O) groups is 1. The van der Waals surface area contributed by atoms with E-state index in [1.807, 2.05) is 0 Å². The molecule has 0 saturated carbocycles. The molecular weight excluding hydrogens is 485 g/mol. The van der Waals surface area contributed by atoms with Gasteiger partial charge in [0.2, 0.25) is 0 Å². The number of nitrogens with zero attached hydrogens (tertiary/aromatic N) is 4. The Bertz CT molecular complexity index is 1570. The summed E-state index contributed by atoms with van der Waals surface area (Å²) in [7, 11) is 0. The van der Waals surface area contributed by atoms with Crippen LogP contribution in [0.15, 0.2) is 36.7 Å². The zero-order chi connectivity index (χ0) is 25.5. The van der Waals surface area contributed by atoms with E-state index in [2.05, 4.69) is 9.97 Å². The fourth-order valence-corrected chi connectivity index (χ4v) is 5.16. The molecule has 0 unspecified atom stereocenters. The average molecular weight is 503 g/mol. The molecular formula is C24H18F5N5O2. The summed E-state index contributed by atoms with van der Waals surface area (Å²) < 4.78 is 76.6. The molecule has 6 rings (SSSR count). The Kier molecular flexibility index (Phi) is 4.70. The van der Waals surface area contributed by atoms with Gasteiger partial charge in [-0.2, -0.15) is 13.2 Å². The highest BCUT2D eigenvalue weighted by atomic mass is 19.4. The van der Waals surface area contributed by atoms with Gasteiger partial charge in [0.25, 0.3) is 5.91 Å². The van der Waals surface area contributed by atoms with Gasteiger partial charge < -0.3 is 15.4 Å². The van der Waals surface area contributed by atoms with E-state index in [0.29, 0.717) is 22.3 Å². The zero-order valence-corrected chi connectivity index (χ0v) is 18.7.